The predicted octanol–water partition coefficient (Wildman–Crippen LogP) is 2.25. The first-order valence-corrected chi connectivity index (χ1v) is 8.78. The summed E-state index contributed by atoms with van der Waals surface area (Å²) in [5.74, 6) is 1.30. The molecule has 0 radical (unpaired) electrons. The van der Waals surface area contributed by atoms with E-state index in [4.69, 9.17) is 4.42 Å². The van der Waals surface area contributed by atoms with Gasteiger partial charge in [-0.2, -0.15) is 0 Å². The molecule has 4 rings (SSSR count). The molecule has 0 N–H and O–H groups in total. The van der Waals surface area contributed by atoms with Gasteiger partial charge in [-0.25, -0.2) is 0 Å². The summed E-state index contributed by atoms with van der Waals surface area (Å²) in [5, 5.41) is 16.4. The lowest BCUT2D eigenvalue weighted by Crippen LogP contribution is -2.39. The molecule has 0 aliphatic carbocycles. The highest BCUT2D eigenvalue weighted by atomic mass is 16.4. The van der Waals surface area contributed by atoms with Crippen LogP contribution in [0.15, 0.2) is 41.0 Å². The maximum atomic E-state index is 12.7. The van der Waals surface area contributed by atoms with E-state index in [2.05, 4.69) is 20.4 Å². The van der Waals surface area contributed by atoms with Gasteiger partial charge in [0.15, 0.2) is 5.65 Å². The zero-order valence-electron chi connectivity index (χ0n) is 14.6. The smallest absolute Gasteiger partial charge is 0.311 e. The Bertz CT molecular complexity index is 944. The summed E-state index contributed by atoms with van der Waals surface area (Å²) < 4.78 is 7.49. The standard InChI is InChI=1S/C18H20N6O2/c1-2-3-9-15-20-22-17(26-15)18(25)23-10-6-7-13(12-23)16-21-19-14-8-4-5-11-24(14)16/h2-5,8,11,13H,6-7,9-10,12H2,1H3/b3-2+. The number of pyridine rings is 1. The number of piperidine rings is 1. The molecule has 1 amide bonds. The summed E-state index contributed by atoms with van der Waals surface area (Å²) >= 11 is 0. The van der Waals surface area contributed by atoms with Crippen LogP contribution in [0, 0.1) is 0 Å². The Labute approximate surface area is 150 Å². The van der Waals surface area contributed by atoms with Crippen molar-refractivity contribution in [2.45, 2.75) is 32.1 Å². The lowest BCUT2D eigenvalue weighted by Gasteiger charge is -2.30. The van der Waals surface area contributed by atoms with Crippen molar-refractivity contribution in [3.8, 4) is 0 Å². The summed E-state index contributed by atoms with van der Waals surface area (Å²) in [5.41, 5.74) is 0.816. The largest absolute Gasteiger partial charge is 0.417 e. The first-order valence-electron chi connectivity index (χ1n) is 8.78. The minimum Gasteiger partial charge on any atom is -0.417 e. The number of likely N-dealkylation sites (tertiary alicyclic amines) is 1. The summed E-state index contributed by atoms with van der Waals surface area (Å²) in [6.45, 7) is 3.17. The fourth-order valence-electron chi connectivity index (χ4n) is 3.29. The summed E-state index contributed by atoms with van der Waals surface area (Å²) in [4.78, 5) is 14.5. The second-order valence-electron chi connectivity index (χ2n) is 6.35. The number of carbonyl (C=O) groups excluding carboxylic acids is 1. The van der Waals surface area contributed by atoms with Crippen molar-refractivity contribution in [2.24, 2.45) is 0 Å². The average Bonchev–Trinajstić information content (AvgIpc) is 3.33. The van der Waals surface area contributed by atoms with Crippen molar-refractivity contribution >= 4 is 11.6 Å². The summed E-state index contributed by atoms with van der Waals surface area (Å²) in [6.07, 6.45) is 8.18. The van der Waals surface area contributed by atoms with Gasteiger partial charge >= 0.3 is 11.8 Å². The maximum Gasteiger partial charge on any atom is 0.311 e. The first-order chi connectivity index (χ1) is 12.8. The number of carbonyl (C=O) groups is 1. The number of hydrogen-bond donors (Lipinski definition) is 0. The van der Waals surface area contributed by atoms with E-state index in [1.807, 2.05) is 47.9 Å². The van der Waals surface area contributed by atoms with Crippen LogP contribution < -0.4 is 0 Å². The third-order valence-corrected chi connectivity index (χ3v) is 4.59. The molecular formula is C18H20N6O2. The van der Waals surface area contributed by atoms with Gasteiger partial charge in [0.05, 0.1) is 0 Å². The molecule has 4 heterocycles. The fraction of sp³-hybridized carbons (Fsp3) is 0.389. The van der Waals surface area contributed by atoms with Gasteiger partial charge in [-0.05, 0) is 31.9 Å². The van der Waals surface area contributed by atoms with E-state index in [0.717, 1.165) is 24.3 Å². The molecule has 1 atom stereocenters. The molecule has 1 saturated heterocycles. The van der Waals surface area contributed by atoms with E-state index < -0.39 is 0 Å². The van der Waals surface area contributed by atoms with E-state index in [1.54, 1.807) is 4.90 Å². The SMILES string of the molecule is C/C=C/Cc1nnc(C(=O)N2CCCC(c3nnc4ccccn34)C2)o1. The fourth-order valence-corrected chi connectivity index (χ4v) is 3.29. The number of nitrogens with zero attached hydrogens (tertiary/aromatic N) is 6. The third-order valence-electron chi connectivity index (χ3n) is 4.59. The van der Waals surface area contributed by atoms with Crippen LogP contribution in [0.2, 0.25) is 0 Å². The Balaban J connectivity index is 1.51. The minimum atomic E-state index is -0.220. The van der Waals surface area contributed by atoms with E-state index in [0.29, 0.717) is 25.4 Å². The normalized spacial score (nSPS) is 18.0. The van der Waals surface area contributed by atoms with Gasteiger partial charge in [0.2, 0.25) is 5.89 Å². The van der Waals surface area contributed by atoms with Gasteiger partial charge in [-0.1, -0.05) is 18.2 Å². The number of amides is 1. The zero-order chi connectivity index (χ0) is 17.9. The van der Waals surface area contributed by atoms with Crippen LogP contribution in [-0.4, -0.2) is 48.7 Å². The van der Waals surface area contributed by atoms with E-state index in [9.17, 15) is 4.79 Å². The molecule has 3 aromatic heterocycles. The monoisotopic (exact) mass is 352 g/mol. The predicted molar refractivity (Wildman–Crippen MR) is 93.7 cm³/mol. The second-order valence-corrected chi connectivity index (χ2v) is 6.35. The minimum absolute atomic E-state index is 0.0521. The molecular weight excluding hydrogens is 332 g/mol. The van der Waals surface area contributed by atoms with Crippen LogP contribution in [0.5, 0.6) is 0 Å². The lowest BCUT2D eigenvalue weighted by atomic mass is 9.97. The van der Waals surface area contributed by atoms with Crippen molar-refractivity contribution in [3.05, 3.63) is 54.2 Å². The van der Waals surface area contributed by atoms with Crippen molar-refractivity contribution in [2.75, 3.05) is 13.1 Å². The molecule has 1 unspecified atom stereocenters. The molecule has 8 heteroatoms. The van der Waals surface area contributed by atoms with E-state index in [-0.39, 0.29) is 17.7 Å². The number of fused-ring (bicyclic) bond motifs is 1. The quantitative estimate of drug-likeness (QED) is 0.669. The maximum absolute atomic E-state index is 12.7. The van der Waals surface area contributed by atoms with Crippen molar-refractivity contribution in [3.63, 3.8) is 0 Å². The Morgan fingerprint density at radius 3 is 3.12 bits per heavy atom. The molecule has 0 saturated carbocycles. The van der Waals surface area contributed by atoms with Crippen molar-refractivity contribution in [1.82, 2.24) is 29.7 Å². The Morgan fingerprint density at radius 1 is 1.31 bits per heavy atom. The van der Waals surface area contributed by atoms with Crippen LogP contribution in [0.1, 0.15) is 48.1 Å². The number of rotatable bonds is 4. The third kappa shape index (κ3) is 3.10. The van der Waals surface area contributed by atoms with E-state index in [1.165, 1.54) is 0 Å². The van der Waals surface area contributed by atoms with Crippen molar-refractivity contribution < 1.29 is 9.21 Å². The molecule has 0 bridgehead atoms. The second kappa shape index (κ2) is 7.07. The molecule has 3 aromatic rings. The van der Waals surface area contributed by atoms with Crippen LogP contribution in [0.4, 0.5) is 0 Å². The topological polar surface area (TPSA) is 89.4 Å². The molecule has 1 fully saturated rings. The van der Waals surface area contributed by atoms with E-state index >= 15 is 0 Å². The summed E-state index contributed by atoms with van der Waals surface area (Å²) in [7, 11) is 0. The van der Waals surface area contributed by atoms with Gasteiger partial charge in [-0.15, -0.1) is 20.4 Å². The molecule has 0 aromatic carbocycles. The number of hydrogen-bond acceptors (Lipinski definition) is 6. The highest BCUT2D eigenvalue weighted by Gasteiger charge is 2.30. The number of aromatic nitrogens is 5. The average molecular weight is 352 g/mol. The molecule has 26 heavy (non-hydrogen) atoms. The summed E-state index contributed by atoms with van der Waals surface area (Å²) in [6, 6.07) is 5.81. The Hall–Kier alpha value is -3.03. The van der Waals surface area contributed by atoms with Crippen LogP contribution in [-0.2, 0) is 6.42 Å². The highest BCUT2D eigenvalue weighted by molar-refractivity contribution is 5.89. The van der Waals surface area contributed by atoms with Gasteiger partial charge in [0.25, 0.3) is 0 Å². The Kier molecular flexibility index (Phi) is 4.47. The van der Waals surface area contributed by atoms with Crippen molar-refractivity contribution in [1.29, 1.82) is 0 Å². The molecule has 134 valence electrons. The van der Waals surface area contributed by atoms with Gasteiger partial charge in [0, 0.05) is 31.6 Å². The van der Waals surface area contributed by atoms with Gasteiger partial charge in [0.1, 0.15) is 5.82 Å². The van der Waals surface area contributed by atoms with Gasteiger partial charge < -0.3 is 9.32 Å². The Morgan fingerprint density at radius 2 is 2.23 bits per heavy atom. The number of allylic oxidation sites excluding steroid dienone is 2. The van der Waals surface area contributed by atoms with Crippen LogP contribution >= 0.6 is 0 Å². The highest BCUT2D eigenvalue weighted by Crippen LogP contribution is 2.26. The zero-order valence-corrected chi connectivity index (χ0v) is 14.6. The van der Waals surface area contributed by atoms with Crippen LogP contribution in [0.3, 0.4) is 0 Å². The molecule has 1 aliphatic rings. The molecule has 0 spiro atoms. The van der Waals surface area contributed by atoms with Crippen LogP contribution in [0.25, 0.3) is 5.65 Å². The molecule has 1 aliphatic heterocycles. The molecule has 8 nitrogen and oxygen atoms in total. The lowest BCUT2D eigenvalue weighted by molar-refractivity contribution is 0.0662. The van der Waals surface area contributed by atoms with Gasteiger partial charge in [-0.3, -0.25) is 9.20 Å². The first kappa shape index (κ1) is 16.4.